The number of likely N-dealkylation sites (tertiary alicyclic amines) is 1. The van der Waals surface area contributed by atoms with Crippen molar-refractivity contribution in [3.05, 3.63) is 35.5 Å². The van der Waals surface area contributed by atoms with Crippen LogP contribution < -0.4 is 5.73 Å². The normalized spacial score (nSPS) is 23.5. The number of para-hydroxylation sites is 1. The zero-order valence-corrected chi connectivity index (χ0v) is 17.4. The number of fused-ring (bicyclic) bond motifs is 1. The van der Waals surface area contributed by atoms with Gasteiger partial charge in [-0.2, -0.15) is 0 Å². The van der Waals surface area contributed by atoms with Crippen LogP contribution >= 0.6 is 12.4 Å². The number of piperidine rings is 1. The minimum absolute atomic E-state index is 0. The van der Waals surface area contributed by atoms with E-state index in [9.17, 15) is 9.90 Å². The highest BCUT2D eigenvalue weighted by molar-refractivity contribution is 5.99. The number of rotatable bonds is 4. The number of amides is 1. The van der Waals surface area contributed by atoms with Crippen molar-refractivity contribution in [2.45, 2.75) is 38.4 Å². The van der Waals surface area contributed by atoms with Gasteiger partial charge < -0.3 is 25.0 Å². The number of aliphatic hydroxyl groups excluding tert-OH is 1. The zero-order valence-electron chi connectivity index (χ0n) is 16.6. The van der Waals surface area contributed by atoms with Crippen LogP contribution in [0, 0.1) is 12.3 Å². The maximum Gasteiger partial charge on any atom is 0.270 e. The van der Waals surface area contributed by atoms with Crippen molar-refractivity contribution < 1.29 is 14.6 Å². The monoisotopic (exact) mass is 407 g/mol. The number of carbonyl (C=O) groups excluding carboxylic acids is 1. The summed E-state index contributed by atoms with van der Waals surface area (Å²) in [6, 6.07) is 8.13. The number of aromatic nitrogens is 1. The van der Waals surface area contributed by atoms with E-state index in [1.165, 1.54) is 5.56 Å². The van der Waals surface area contributed by atoms with Crippen LogP contribution in [-0.4, -0.2) is 58.9 Å². The SMILES string of the molecule is Cc1cccc2cc(C(=O)N3CCC4(CC3)[C@H](O)C[C@@H]4OCCN)n(C)c12.Cl. The van der Waals surface area contributed by atoms with E-state index in [4.69, 9.17) is 10.5 Å². The quantitative estimate of drug-likeness (QED) is 0.814. The largest absolute Gasteiger partial charge is 0.392 e. The van der Waals surface area contributed by atoms with Crippen LogP contribution in [0.25, 0.3) is 10.9 Å². The molecular weight excluding hydrogens is 378 g/mol. The summed E-state index contributed by atoms with van der Waals surface area (Å²) in [4.78, 5) is 15.1. The van der Waals surface area contributed by atoms with E-state index in [1.54, 1.807) is 0 Å². The summed E-state index contributed by atoms with van der Waals surface area (Å²) in [5, 5.41) is 11.5. The average molecular weight is 408 g/mol. The van der Waals surface area contributed by atoms with E-state index < -0.39 is 0 Å². The molecule has 1 saturated heterocycles. The van der Waals surface area contributed by atoms with E-state index in [0.29, 0.717) is 32.7 Å². The smallest absolute Gasteiger partial charge is 0.270 e. The number of hydrogen-bond donors (Lipinski definition) is 2. The third-order valence-electron chi connectivity index (χ3n) is 6.64. The van der Waals surface area contributed by atoms with Gasteiger partial charge >= 0.3 is 0 Å². The van der Waals surface area contributed by atoms with Gasteiger partial charge in [0.05, 0.1) is 24.3 Å². The summed E-state index contributed by atoms with van der Waals surface area (Å²) < 4.78 is 7.85. The maximum atomic E-state index is 13.1. The molecule has 6 nitrogen and oxygen atoms in total. The van der Waals surface area contributed by atoms with Crippen molar-refractivity contribution >= 4 is 29.2 Å². The van der Waals surface area contributed by atoms with Crippen LogP contribution in [0.5, 0.6) is 0 Å². The molecule has 1 aliphatic carbocycles. The van der Waals surface area contributed by atoms with Crippen molar-refractivity contribution in [1.82, 2.24) is 9.47 Å². The third kappa shape index (κ3) is 3.22. The van der Waals surface area contributed by atoms with E-state index in [0.717, 1.165) is 29.4 Å². The number of nitrogens with two attached hydrogens (primary N) is 1. The molecule has 1 aromatic heterocycles. The first kappa shape index (κ1) is 21.1. The Morgan fingerprint density at radius 3 is 2.68 bits per heavy atom. The fourth-order valence-electron chi connectivity index (χ4n) is 4.94. The lowest BCUT2D eigenvalue weighted by Crippen LogP contribution is -2.63. The van der Waals surface area contributed by atoms with E-state index in [-0.39, 0.29) is 35.9 Å². The molecule has 28 heavy (non-hydrogen) atoms. The molecule has 1 amide bonds. The van der Waals surface area contributed by atoms with E-state index in [1.807, 2.05) is 28.6 Å². The van der Waals surface area contributed by atoms with E-state index >= 15 is 0 Å². The second kappa shape index (κ2) is 8.03. The predicted molar refractivity (Wildman–Crippen MR) is 112 cm³/mol. The van der Waals surface area contributed by atoms with Gasteiger partial charge in [-0.1, -0.05) is 18.2 Å². The van der Waals surface area contributed by atoms with Crippen LogP contribution in [0.2, 0.25) is 0 Å². The molecule has 2 fully saturated rings. The molecule has 3 N–H and O–H groups in total. The predicted octanol–water partition coefficient (Wildman–Crippen LogP) is 2.24. The van der Waals surface area contributed by atoms with Crippen molar-refractivity contribution in [1.29, 1.82) is 0 Å². The lowest BCUT2D eigenvalue weighted by Gasteiger charge is -2.56. The topological polar surface area (TPSA) is 80.7 Å². The Kier molecular flexibility index (Phi) is 6.05. The highest BCUT2D eigenvalue weighted by atomic mass is 35.5. The first-order chi connectivity index (χ1) is 13.0. The molecule has 2 aliphatic rings. The second-order valence-electron chi connectivity index (χ2n) is 8.03. The average Bonchev–Trinajstić information content (AvgIpc) is 3.02. The fourth-order valence-corrected chi connectivity index (χ4v) is 4.94. The summed E-state index contributed by atoms with van der Waals surface area (Å²) >= 11 is 0. The highest BCUT2D eigenvalue weighted by Crippen LogP contribution is 2.51. The number of ether oxygens (including phenoxy) is 1. The summed E-state index contributed by atoms with van der Waals surface area (Å²) in [5.41, 5.74) is 8.34. The Balaban J connectivity index is 0.00000225. The standard InChI is InChI=1S/C21H29N3O3.ClH/c1-14-4-3-5-15-12-16(23(2)19(14)15)20(26)24-9-6-21(7-10-24)17(25)13-18(21)27-11-8-22;/h3-5,12,17-18,25H,6-11,13,22H2,1-2H3;1H/t17-,18+;/m1./s1. The maximum absolute atomic E-state index is 13.1. The molecule has 1 aromatic carbocycles. The molecule has 2 heterocycles. The molecule has 0 radical (unpaired) electrons. The van der Waals surface area contributed by atoms with Gasteiger partial charge in [0, 0.05) is 43.9 Å². The van der Waals surface area contributed by atoms with Crippen LogP contribution in [0.1, 0.15) is 35.3 Å². The summed E-state index contributed by atoms with van der Waals surface area (Å²) in [7, 11) is 1.96. The lowest BCUT2D eigenvalue weighted by atomic mass is 9.58. The second-order valence-corrected chi connectivity index (χ2v) is 8.03. The summed E-state index contributed by atoms with van der Waals surface area (Å²) in [6.07, 6.45) is 1.96. The minimum Gasteiger partial charge on any atom is -0.392 e. The summed E-state index contributed by atoms with van der Waals surface area (Å²) in [6.45, 7) is 4.39. The van der Waals surface area contributed by atoms with Gasteiger partial charge in [0.15, 0.2) is 0 Å². The van der Waals surface area contributed by atoms with Gasteiger partial charge in [0.2, 0.25) is 0 Å². The van der Waals surface area contributed by atoms with Gasteiger partial charge in [-0.25, -0.2) is 0 Å². The molecule has 0 unspecified atom stereocenters. The number of nitrogens with zero attached hydrogens (tertiary/aromatic N) is 2. The molecule has 2 atom stereocenters. The molecule has 2 aromatic rings. The van der Waals surface area contributed by atoms with Gasteiger partial charge in [0.1, 0.15) is 5.69 Å². The fraction of sp³-hybridized carbons (Fsp3) is 0.571. The Bertz CT molecular complexity index is 858. The number of benzene rings is 1. The molecular formula is C21H30ClN3O3. The number of aliphatic hydroxyl groups is 1. The number of halogens is 1. The third-order valence-corrected chi connectivity index (χ3v) is 6.64. The van der Waals surface area contributed by atoms with Crippen molar-refractivity contribution in [2.24, 2.45) is 18.2 Å². The van der Waals surface area contributed by atoms with Crippen LogP contribution in [0.15, 0.2) is 24.3 Å². The molecule has 1 saturated carbocycles. The number of carbonyl (C=O) groups is 1. The molecule has 154 valence electrons. The lowest BCUT2D eigenvalue weighted by molar-refractivity contribution is -0.208. The van der Waals surface area contributed by atoms with Crippen molar-refractivity contribution in [2.75, 3.05) is 26.2 Å². The number of hydrogen-bond acceptors (Lipinski definition) is 4. The minimum atomic E-state index is -0.335. The Labute approximate surface area is 172 Å². The number of aryl methyl sites for hydroxylation is 2. The molecule has 1 aliphatic heterocycles. The zero-order chi connectivity index (χ0) is 19.2. The van der Waals surface area contributed by atoms with Crippen LogP contribution in [0.3, 0.4) is 0 Å². The van der Waals surface area contributed by atoms with Gasteiger partial charge in [-0.3, -0.25) is 4.79 Å². The molecule has 7 heteroatoms. The van der Waals surface area contributed by atoms with Crippen molar-refractivity contribution in [3.8, 4) is 0 Å². The Hall–Kier alpha value is -1.60. The molecule has 0 bridgehead atoms. The summed E-state index contributed by atoms with van der Waals surface area (Å²) in [5.74, 6) is 0.0659. The van der Waals surface area contributed by atoms with Crippen molar-refractivity contribution in [3.63, 3.8) is 0 Å². The first-order valence-electron chi connectivity index (χ1n) is 9.82. The molecule has 1 spiro atoms. The van der Waals surface area contributed by atoms with Crippen LogP contribution in [-0.2, 0) is 11.8 Å². The van der Waals surface area contributed by atoms with Crippen LogP contribution in [0.4, 0.5) is 0 Å². The Morgan fingerprint density at radius 2 is 2.07 bits per heavy atom. The van der Waals surface area contributed by atoms with Gasteiger partial charge in [-0.05, 0) is 31.4 Å². The Morgan fingerprint density at radius 1 is 1.36 bits per heavy atom. The molecule has 4 rings (SSSR count). The van der Waals surface area contributed by atoms with E-state index in [2.05, 4.69) is 19.1 Å². The highest BCUT2D eigenvalue weighted by Gasteiger charge is 2.56. The van der Waals surface area contributed by atoms with Gasteiger partial charge in [0.25, 0.3) is 5.91 Å². The first-order valence-corrected chi connectivity index (χ1v) is 9.82. The van der Waals surface area contributed by atoms with Gasteiger partial charge in [-0.15, -0.1) is 12.4 Å².